The van der Waals surface area contributed by atoms with Crippen LogP contribution < -0.4 is 5.73 Å². The Morgan fingerprint density at radius 2 is 2.43 bits per heavy atom. The van der Waals surface area contributed by atoms with E-state index in [-0.39, 0.29) is 0 Å². The van der Waals surface area contributed by atoms with E-state index >= 15 is 0 Å². The van der Waals surface area contributed by atoms with Gasteiger partial charge >= 0.3 is 0 Å². The van der Waals surface area contributed by atoms with Gasteiger partial charge in [0.25, 0.3) is 0 Å². The largest absolute Gasteiger partial charge is 0.382 e. The molecule has 0 spiro atoms. The summed E-state index contributed by atoms with van der Waals surface area (Å²) in [5, 5.41) is 4.21. The molecule has 1 saturated heterocycles. The van der Waals surface area contributed by atoms with Gasteiger partial charge < -0.3 is 10.5 Å². The van der Waals surface area contributed by atoms with Crippen molar-refractivity contribution in [1.82, 2.24) is 9.78 Å². The maximum atomic E-state index is 5.71. The molecular weight excluding hydrogens is 178 g/mol. The summed E-state index contributed by atoms with van der Waals surface area (Å²) in [4.78, 5) is 0. The summed E-state index contributed by atoms with van der Waals surface area (Å²) >= 11 is 0. The smallest absolute Gasteiger partial charge is 0.148 e. The first-order valence-corrected chi connectivity index (χ1v) is 5.10. The minimum Gasteiger partial charge on any atom is -0.382 e. The van der Waals surface area contributed by atoms with E-state index in [0.29, 0.717) is 18.0 Å². The van der Waals surface area contributed by atoms with Crippen LogP contribution in [0.25, 0.3) is 0 Å². The number of nitrogens with two attached hydrogens (primary N) is 1. The fraction of sp³-hybridized carbons (Fsp3) is 0.700. The summed E-state index contributed by atoms with van der Waals surface area (Å²) in [6.45, 7) is 4.90. The van der Waals surface area contributed by atoms with Crippen molar-refractivity contribution < 1.29 is 4.74 Å². The van der Waals surface area contributed by atoms with Gasteiger partial charge in [-0.25, -0.2) is 0 Å². The molecule has 14 heavy (non-hydrogen) atoms. The number of aromatic nitrogens is 2. The normalized spacial score (nSPS) is 27.0. The van der Waals surface area contributed by atoms with Crippen LogP contribution in [0.15, 0.2) is 6.20 Å². The molecule has 2 atom stereocenters. The van der Waals surface area contributed by atoms with Crippen LogP contribution in [0.2, 0.25) is 0 Å². The molecule has 0 radical (unpaired) electrons. The predicted octanol–water partition coefficient (Wildman–Crippen LogP) is 1.34. The highest BCUT2D eigenvalue weighted by molar-refractivity contribution is 5.35. The highest BCUT2D eigenvalue weighted by atomic mass is 16.5. The Bertz CT molecular complexity index is 302. The minimum absolute atomic E-state index is 0.309. The van der Waals surface area contributed by atoms with E-state index < -0.39 is 0 Å². The van der Waals surface area contributed by atoms with E-state index in [1.54, 1.807) is 0 Å². The van der Waals surface area contributed by atoms with Crippen molar-refractivity contribution >= 4 is 5.82 Å². The fourth-order valence-corrected chi connectivity index (χ4v) is 1.86. The summed E-state index contributed by atoms with van der Waals surface area (Å²) in [6, 6.07) is 0. The van der Waals surface area contributed by atoms with Crippen molar-refractivity contribution in [2.75, 3.05) is 5.73 Å². The minimum atomic E-state index is 0.309. The van der Waals surface area contributed by atoms with Crippen LogP contribution in [0, 0.1) is 6.92 Å². The second-order valence-electron chi connectivity index (χ2n) is 4.07. The third kappa shape index (κ3) is 1.90. The zero-order chi connectivity index (χ0) is 10.1. The van der Waals surface area contributed by atoms with Gasteiger partial charge in [-0.3, -0.25) is 4.68 Å². The molecule has 2 N–H and O–H groups in total. The maximum Gasteiger partial charge on any atom is 0.148 e. The van der Waals surface area contributed by atoms with Crippen molar-refractivity contribution in [1.29, 1.82) is 0 Å². The molecule has 0 bridgehead atoms. The standard InChI is InChI=1S/C10H17N3O/c1-7-5-13(12-10(7)11)6-9-4-3-8(2)14-9/h5,8-9H,3-4,6H2,1-2H3,(H2,11,12). The number of aryl methyl sites for hydroxylation is 1. The lowest BCUT2D eigenvalue weighted by molar-refractivity contribution is 0.0437. The van der Waals surface area contributed by atoms with Crippen LogP contribution in [-0.4, -0.2) is 22.0 Å². The lowest BCUT2D eigenvalue weighted by atomic mass is 10.2. The summed E-state index contributed by atoms with van der Waals surface area (Å²) in [5.41, 5.74) is 6.71. The molecule has 0 saturated carbocycles. The molecule has 1 aliphatic rings. The van der Waals surface area contributed by atoms with E-state index in [2.05, 4.69) is 12.0 Å². The number of hydrogen-bond donors (Lipinski definition) is 1. The van der Waals surface area contributed by atoms with Gasteiger partial charge in [-0.05, 0) is 26.7 Å². The van der Waals surface area contributed by atoms with Gasteiger partial charge in [0.05, 0.1) is 18.8 Å². The van der Waals surface area contributed by atoms with Gasteiger partial charge in [-0.2, -0.15) is 5.10 Å². The summed E-state index contributed by atoms with van der Waals surface area (Å²) in [5.74, 6) is 0.621. The molecule has 2 rings (SSSR count). The highest BCUT2D eigenvalue weighted by Gasteiger charge is 2.22. The quantitative estimate of drug-likeness (QED) is 0.774. The van der Waals surface area contributed by atoms with Gasteiger partial charge in [0.2, 0.25) is 0 Å². The van der Waals surface area contributed by atoms with Crippen LogP contribution in [0.3, 0.4) is 0 Å². The molecule has 0 aromatic carbocycles. The number of rotatable bonds is 2. The predicted molar refractivity (Wildman–Crippen MR) is 54.9 cm³/mol. The molecule has 4 heteroatoms. The topological polar surface area (TPSA) is 53.1 Å². The molecule has 78 valence electrons. The summed E-state index contributed by atoms with van der Waals surface area (Å²) in [7, 11) is 0. The molecule has 2 unspecified atom stereocenters. The molecule has 0 amide bonds. The molecule has 1 fully saturated rings. The average molecular weight is 195 g/mol. The Balaban J connectivity index is 1.97. The first-order valence-electron chi connectivity index (χ1n) is 5.10. The van der Waals surface area contributed by atoms with Crippen LogP contribution >= 0.6 is 0 Å². The molecule has 0 aliphatic carbocycles. The van der Waals surface area contributed by atoms with Crippen LogP contribution in [-0.2, 0) is 11.3 Å². The molecule has 1 aliphatic heterocycles. The number of anilines is 1. The van der Waals surface area contributed by atoms with E-state index in [1.807, 2.05) is 17.8 Å². The third-order valence-corrected chi connectivity index (χ3v) is 2.69. The van der Waals surface area contributed by atoms with Gasteiger partial charge in [-0.15, -0.1) is 0 Å². The van der Waals surface area contributed by atoms with E-state index in [9.17, 15) is 0 Å². The van der Waals surface area contributed by atoms with E-state index in [0.717, 1.165) is 24.9 Å². The lowest BCUT2D eigenvalue weighted by Gasteiger charge is -2.10. The van der Waals surface area contributed by atoms with Crippen molar-refractivity contribution in [3.63, 3.8) is 0 Å². The second kappa shape index (κ2) is 3.61. The van der Waals surface area contributed by atoms with Crippen molar-refractivity contribution in [3.8, 4) is 0 Å². The lowest BCUT2D eigenvalue weighted by Crippen LogP contribution is -2.16. The van der Waals surface area contributed by atoms with Gasteiger partial charge in [0.15, 0.2) is 0 Å². The molecule has 2 heterocycles. The molecule has 1 aromatic heterocycles. The first kappa shape index (κ1) is 9.52. The van der Waals surface area contributed by atoms with Gasteiger partial charge in [0, 0.05) is 11.8 Å². The SMILES string of the molecule is Cc1cn(CC2CCC(C)O2)nc1N. The Kier molecular flexibility index (Phi) is 2.46. The summed E-state index contributed by atoms with van der Waals surface area (Å²) < 4.78 is 7.59. The second-order valence-corrected chi connectivity index (χ2v) is 4.07. The third-order valence-electron chi connectivity index (χ3n) is 2.69. The van der Waals surface area contributed by atoms with Gasteiger partial charge in [-0.1, -0.05) is 0 Å². The number of ether oxygens (including phenoxy) is 1. The monoisotopic (exact) mass is 195 g/mol. The Labute approximate surface area is 84.0 Å². The number of nitrogens with zero attached hydrogens (tertiary/aromatic N) is 2. The average Bonchev–Trinajstić information content (AvgIpc) is 2.62. The summed E-state index contributed by atoms with van der Waals surface area (Å²) in [6.07, 6.45) is 4.96. The Hall–Kier alpha value is -1.03. The van der Waals surface area contributed by atoms with Crippen molar-refractivity contribution in [2.45, 2.75) is 45.4 Å². The number of hydrogen-bond acceptors (Lipinski definition) is 3. The van der Waals surface area contributed by atoms with Crippen molar-refractivity contribution in [3.05, 3.63) is 11.8 Å². The van der Waals surface area contributed by atoms with E-state index in [4.69, 9.17) is 10.5 Å². The van der Waals surface area contributed by atoms with Crippen LogP contribution in [0.1, 0.15) is 25.3 Å². The van der Waals surface area contributed by atoms with Crippen LogP contribution in [0.4, 0.5) is 5.82 Å². The Morgan fingerprint density at radius 1 is 1.64 bits per heavy atom. The van der Waals surface area contributed by atoms with Crippen LogP contribution in [0.5, 0.6) is 0 Å². The molecular formula is C10H17N3O. The molecule has 4 nitrogen and oxygen atoms in total. The van der Waals surface area contributed by atoms with Gasteiger partial charge in [0.1, 0.15) is 5.82 Å². The number of nitrogen functional groups attached to an aromatic ring is 1. The first-order chi connectivity index (χ1) is 6.65. The zero-order valence-electron chi connectivity index (χ0n) is 8.73. The Morgan fingerprint density at radius 3 is 2.93 bits per heavy atom. The highest BCUT2D eigenvalue weighted by Crippen LogP contribution is 2.20. The van der Waals surface area contributed by atoms with Crippen molar-refractivity contribution in [2.24, 2.45) is 0 Å². The fourth-order valence-electron chi connectivity index (χ4n) is 1.86. The van der Waals surface area contributed by atoms with E-state index in [1.165, 1.54) is 0 Å². The maximum absolute atomic E-state index is 5.71. The molecule has 1 aromatic rings. The zero-order valence-corrected chi connectivity index (χ0v) is 8.73.